The van der Waals surface area contributed by atoms with E-state index in [1.165, 1.54) is 0 Å². The number of carbonyl (C=O) groups is 1. The third-order valence-electron chi connectivity index (χ3n) is 3.97. The zero-order chi connectivity index (χ0) is 15.6. The molecule has 0 saturated carbocycles. The van der Waals surface area contributed by atoms with E-state index < -0.39 is 11.5 Å². The number of nitrogens with one attached hydrogen (secondary N) is 1. The first-order chi connectivity index (χ1) is 9.41. The van der Waals surface area contributed by atoms with Crippen molar-refractivity contribution in [3.05, 3.63) is 0 Å². The van der Waals surface area contributed by atoms with Crippen LogP contribution in [0.3, 0.4) is 0 Å². The first-order valence-corrected chi connectivity index (χ1v) is 7.71. The van der Waals surface area contributed by atoms with Crippen molar-refractivity contribution in [2.24, 2.45) is 0 Å². The van der Waals surface area contributed by atoms with Gasteiger partial charge in [0, 0.05) is 13.1 Å². The molecule has 0 aliphatic rings. The Kier molecular flexibility index (Phi) is 9.80. The Morgan fingerprint density at radius 2 is 1.80 bits per heavy atom. The number of likely N-dealkylation sites (N-methyl/N-ethyl adjacent to an activating group) is 2. The molecular formula is C15H33N3O2. The van der Waals surface area contributed by atoms with E-state index in [0.29, 0.717) is 12.8 Å². The fraction of sp³-hybridized carbons (Fsp3) is 0.933. The van der Waals surface area contributed by atoms with Crippen LogP contribution in [0.15, 0.2) is 0 Å². The second kappa shape index (κ2) is 10.1. The minimum absolute atomic E-state index is 0.615. The molecule has 0 aromatic rings. The van der Waals surface area contributed by atoms with Crippen LogP contribution in [-0.2, 0) is 4.79 Å². The summed E-state index contributed by atoms with van der Waals surface area (Å²) in [5.74, 6) is -0.738. The standard InChI is InChI=1S/C15H33N3O2/c1-6-10-18(13-12-17(4)5)11-8-9-15(7-2,16-3)14(19)20/h16H,6-13H2,1-5H3,(H,19,20). The topological polar surface area (TPSA) is 55.8 Å². The number of aliphatic carboxylic acids is 1. The monoisotopic (exact) mass is 287 g/mol. The van der Waals surface area contributed by atoms with Gasteiger partial charge in [0.05, 0.1) is 0 Å². The van der Waals surface area contributed by atoms with Gasteiger partial charge in [-0.2, -0.15) is 0 Å². The second-order valence-electron chi connectivity index (χ2n) is 5.74. The van der Waals surface area contributed by atoms with Crippen LogP contribution in [0.1, 0.15) is 39.5 Å². The first-order valence-electron chi connectivity index (χ1n) is 7.71. The highest BCUT2D eigenvalue weighted by Crippen LogP contribution is 2.17. The molecule has 20 heavy (non-hydrogen) atoms. The second-order valence-corrected chi connectivity index (χ2v) is 5.74. The van der Waals surface area contributed by atoms with Gasteiger partial charge in [-0.05, 0) is 59.9 Å². The van der Waals surface area contributed by atoms with Crippen molar-refractivity contribution in [1.82, 2.24) is 15.1 Å². The average molecular weight is 287 g/mol. The summed E-state index contributed by atoms with van der Waals surface area (Å²) in [5, 5.41) is 12.4. The summed E-state index contributed by atoms with van der Waals surface area (Å²) in [6, 6.07) is 0. The van der Waals surface area contributed by atoms with E-state index in [9.17, 15) is 9.90 Å². The molecule has 0 aliphatic heterocycles. The maximum Gasteiger partial charge on any atom is 0.323 e. The van der Waals surface area contributed by atoms with Crippen LogP contribution in [0.2, 0.25) is 0 Å². The minimum atomic E-state index is -0.764. The number of rotatable bonds is 12. The van der Waals surface area contributed by atoms with Crippen molar-refractivity contribution in [1.29, 1.82) is 0 Å². The quantitative estimate of drug-likeness (QED) is 0.569. The normalized spacial score (nSPS) is 14.8. The summed E-state index contributed by atoms with van der Waals surface area (Å²) in [6.07, 6.45) is 3.34. The van der Waals surface area contributed by atoms with Gasteiger partial charge in [-0.1, -0.05) is 13.8 Å². The van der Waals surface area contributed by atoms with Gasteiger partial charge in [-0.3, -0.25) is 4.79 Å². The van der Waals surface area contributed by atoms with Gasteiger partial charge in [0.1, 0.15) is 5.54 Å². The zero-order valence-electron chi connectivity index (χ0n) is 13.9. The molecule has 0 saturated heterocycles. The molecule has 0 rings (SSSR count). The summed E-state index contributed by atoms with van der Waals surface area (Å²) in [7, 11) is 5.91. The summed E-state index contributed by atoms with van der Waals surface area (Å²) in [5.41, 5.74) is -0.764. The predicted octanol–water partition coefficient (Wildman–Crippen LogP) is 1.49. The van der Waals surface area contributed by atoms with Gasteiger partial charge in [0.15, 0.2) is 0 Å². The van der Waals surface area contributed by atoms with Crippen LogP contribution in [-0.4, -0.2) is 73.7 Å². The molecule has 0 spiro atoms. The highest BCUT2D eigenvalue weighted by atomic mass is 16.4. The summed E-state index contributed by atoms with van der Waals surface area (Å²) in [4.78, 5) is 16.0. The van der Waals surface area contributed by atoms with Crippen molar-refractivity contribution in [2.45, 2.75) is 45.1 Å². The van der Waals surface area contributed by atoms with E-state index in [0.717, 1.165) is 39.0 Å². The average Bonchev–Trinajstić information content (AvgIpc) is 2.40. The van der Waals surface area contributed by atoms with Crippen LogP contribution >= 0.6 is 0 Å². The van der Waals surface area contributed by atoms with Gasteiger partial charge in [-0.15, -0.1) is 0 Å². The van der Waals surface area contributed by atoms with Crippen LogP contribution in [0.5, 0.6) is 0 Å². The Hall–Kier alpha value is -0.650. The van der Waals surface area contributed by atoms with E-state index in [-0.39, 0.29) is 0 Å². The molecule has 0 bridgehead atoms. The minimum Gasteiger partial charge on any atom is -0.480 e. The zero-order valence-corrected chi connectivity index (χ0v) is 13.9. The molecule has 0 heterocycles. The Morgan fingerprint density at radius 1 is 1.15 bits per heavy atom. The lowest BCUT2D eigenvalue weighted by Gasteiger charge is -2.29. The molecule has 1 atom stereocenters. The SMILES string of the molecule is CCCN(CCCC(CC)(NC)C(=O)O)CCN(C)C. The van der Waals surface area contributed by atoms with Crippen molar-refractivity contribution in [2.75, 3.05) is 47.3 Å². The molecule has 5 nitrogen and oxygen atoms in total. The molecule has 0 aromatic heterocycles. The molecule has 0 fully saturated rings. The van der Waals surface area contributed by atoms with Crippen molar-refractivity contribution in [3.63, 3.8) is 0 Å². The molecule has 1 unspecified atom stereocenters. The van der Waals surface area contributed by atoms with Gasteiger partial charge >= 0.3 is 5.97 Å². The molecular weight excluding hydrogens is 254 g/mol. The van der Waals surface area contributed by atoms with Crippen molar-refractivity contribution >= 4 is 5.97 Å². The van der Waals surface area contributed by atoms with Gasteiger partial charge < -0.3 is 20.2 Å². The first kappa shape index (κ1) is 19.4. The van der Waals surface area contributed by atoms with Crippen LogP contribution in [0.4, 0.5) is 0 Å². The Bertz CT molecular complexity index is 266. The fourth-order valence-electron chi connectivity index (χ4n) is 2.44. The van der Waals surface area contributed by atoms with Crippen LogP contribution < -0.4 is 5.32 Å². The molecule has 2 N–H and O–H groups in total. The molecule has 0 aliphatic carbocycles. The third-order valence-corrected chi connectivity index (χ3v) is 3.97. The van der Waals surface area contributed by atoms with E-state index in [2.05, 4.69) is 36.1 Å². The molecule has 0 radical (unpaired) electrons. The lowest BCUT2D eigenvalue weighted by atomic mass is 9.90. The van der Waals surface area contributed by atoms with Gasteiger partial charge in [-0.25, -0.2) is 0 Å². The van der Waals surface area contributed by atoms with Gasteiger partial charge in [0.25, 0.3) is 0 Å². The van der Waals surface area contributed by atoms with E-state index in [4.69, 9.17) is 0 Å². The van der Waals surface area contributed by atoms with Crippen molar-refractivity contribution < 1.29 is 9.90 Å². The van der Waals surface area contributed by atoms with E-state index in [1.54, 1.807) is 7.05 Å². The maximum atomic E-state index is 11.4. The van der Waals surface area contributed by atoms with Gasteiger partial charge in [0.2, 0.25) is 0 Å². The molecule has 5 heteroatoms. The number of carboxylic acids is 1. The lowest BCUT2D eigenvalue weighted by molar-refractivity contribution is -0.145. The predicted molar refractivity (Wildman–Crippen MR) is 84.2 cm³/mol. The summed E-state index contributed by atoms with van der Waals surface area (Å²) >= 11 is 0. The van der Waals surface area contributed by atoms with Crippen LogP contribution in [0.25, 0.3) is 0 Å². The van der Waals surface area contributed by atoms with E-state index in [1.807, 2.05) is 6.92 Å². The number of hydrogen-bond donors (Lipinski definition) is 2. The molecule has 0 amide bonds. The number of nitrogens with zero attached hydrogens (tertiary/aromatic N) is 2. The fourth-order valence-corrected chi connectivity index (χ4v) is 2.44. The number of carboxylic acid groups (broad SMARTS) is 1. The lowest BCUT2D eigenvalue weighted by Crippen LogP contribution is -2.50. The Morgan fingerprint density at radius 3 is 2.20 bits per heavy atom. The Balaban J connectivity index is 4.29. The number of hydrogen-bond acceptors (Lipinski definition) is 4. The smallest absolute Gasteiger partial charge is 0.323 e. The van der Waals surface area contributed by atoms with Crippen LogP contribution in [0, 0.1) is 0 Å². The van der Waals surface area contributed by atoms with Crippen molar-refractivity contribution in [3.8, 4) is 0 Å². The summed E-state index contributed by atoms with van der Waals surface area (Å²) < 4.78 is 0. The highest BCUT2D eigenvalue weighted by molar-refractivity contribution is 5.78. The largest absolute Gasteiger partial charge is 0.480 e. The van der Waals surface area contributed by atoms with E-state index >= 15 is 0 Å². The molecule has 0 aromatic carbocycles. The third kappa shape index (κ3) is 6.68. The summed E-state index contributed by atoms with van der Waals surface area (Å²) in [6.45, 7) is 8.26. The molecule has 120 valence electrons. The Labute approximate surface area is 124 Å². The highest BCUT2D eigenvalue weighted by Gasteiger charge is 2.34. The maximum absolute atomic E-state index is 11.4.